The number of halogens is 1. The SMILES string of the molecule is Cc1ccc(C(=O)NNc2ncc(Cl)c(C(=O)Nc3ccccc3C)n2)cc1. The zero-order valence-corrected chi connectivity index (χ0v) is 16.0. The summed E-state index contributed by atoms with van der Waals surface area (Å²) in [6.07, 6.45) is 1.29. The summed E-state index contributed by atoms with van der Waals surface area (Å²) < 4.78 is 0. The van der Waals surface area contributed by atoms with Crippen LogP contribution in [0.2, 0.25) is 5.02 Å². The molecule has 0 bridgehead atoms. The number of rotatable bonds is 5. The third kappa shape index (κ3) is 4.63. The molecule has 0 saturated heterocycles. The molecule has 142 valence electrons. The largest absolute Gasteiger partial charge is 0.320 e. The number of hydrogen-bond acceptors (Lipinski definition) is 5. The van der Waals surface area contributed by atoms with Crippen LogP contribution in [0.15, 0.2) is 54.7 Å². The topological polar surface area (TPSA) is 96.0 Å². The van der Waals surface area contributed by atoms with Crippen LogP contribution in [0.5, 0.6) is 0 Å². The number of benzene rings is 2. The van der Waals surface area contributed by atoms with Gasteiger partial charge in [0.2, 0.25) is 5.95 Å². The molecule has 0 aliphatic heterocycles. The van der Waals surface area contributed by atoms with Crippen LogP contribution in [0.1, 0.15) is 32.0 Å². The van der Waals surface area contributed by atoms with Crippen molar-refractivity contribution >= 4 is 35.1 Å². The predicted molar refractivity (Wildman–Crippen MR) is 108 cm³/mol. The smallest absolute Gasteiger partial charge is 0.276 e. The van der Waals surface area contributed by atoms with Crippen molar-refractivity contribution in [2.75, 3.05) is 10.7 Å². The van der Waals surface area contributed by atoms with E-state index in [0.717, 1.165) is 11.1 Å². The van der Waals surface area contributed by atoms with E-state index in [1.54, 1.807) is 18.2 Å². The fourth-order valence-corrected chi connectivity index (χ4v) is 2.55. The van der Waals surface area contributed by atoms with Crippen molar-refractivity contribution < 1.29 is 9.59 Å². The lowest BCUT2D eigenvalue weighted by Gasteiger charge is -2.11. The minimum Gasteiger partial charge on any atom is -0.320 e. The number of carbonyl (C=O) groups is 2. The summed E-state index contributed by atoms with van der Waals surface area (Å²) in [6.45, 7) is 3.82. The lowest BCUT2D eigenvalue weighted by atomic mass is 10.1. The Balaban J connectivity index is 1.70. The Morgan fingerprint density at radius 3 is 2.39 bits per heavy atom. The molecule has 0 atom stereocenters. The standard InChI is InChI=1S/C20H18ClN5O2/c1-12-7-9-14(10-8-12)18(27)25-26-20-22-11-15(21)17(24-20)19(28)23-16-6-4-3-5-13(16)2/h3-11H,1-2H3,(H,23,28)(H,25,27)(H,22,24,26). The van der Waals surface area contributed by atoms with Crippen LogP contribution in [0.4, 0.5) is 11.6 Å². The molecule has 0 spiro atoms. The number of hydrazine groups is 1. The Labute approximate surface area is 167 Å². The number of hydrogen-bond donors (Lipinski definition) is 3. The summed E-state index contributed by atoms with van der Waals surface area (Å²) in [4.78, 5) is 32.8. The number of para-hydroxylation sites is 1. The molecule has 1 heterocycles. The zero-order valence-electron chi connectivity index (χ0n) is 15.3. The van der Waals surface area contributed by atoms with Gasteiger partial charge in [-0.3, -0.25) is 20.4 Å². The Bertz CT molecular complexity index is 1020. The lowest BCUT2D eigenvalue weighted by molar-refractivity contribution is 0.0961. The highest BCUT2D eigenvalue weighted by molar-refractivity contribution is 6.34. The summed E-state index contributed by atoms with van der Waals surface area (Å²) >= 11 is 6.07. The van der Waals surface area contributed by atoms with Crippen LogP contribution < -0.4 is 16.2 Å². The average molecular weight is 396 g/mol. The number of nitrogens with one attached hydrogen (secondary N) is 3. The Kier molecular flexibility index (Phi) is 5.86. The number of amides is 2. The van der Waals surface area contributed by atoms with E-state index < -0.39 is 5.91 Å². The number of nitrogens with zero attached hydrogens (tertiary/aromatic N) is 2. The fraction of sp³-hybridized carbons (Fsp3) is 0.100. The predicted octanol–water partition coefficient (Wildman–Crippen LogP) is 3.76. The van der Waals surface area contributed by atoms with Crippen molar-refractivity contribution in [1.29, 1.82) is 0 Å². The van der Waals surface area contributed by atoms with Gasteiger partial charge in [-0.1, -0.05) is 47.5 Å². The summed E-state index contributed by atoms with van der Waals surface area (Å²) in [5.74, 6) is -0.793. The quantitative estimate of drug-likeness (QED) is 0.572. The maximum absolute atomic E-state index is 12.5. The van der Waals surface area contributed by atoms with Gasteiger partial charge in [0, 0.05) is 11.3 Å². The maximum atomic E-state index is 12.5. The van der Waals surface area contributed by atoms with E-state index in [0.29, 0.717) is 11.3 Å². The van der Waals surface area contributed by atoms with E-state index in [9.17, 15) is 9.59 Å². The second-order valence-electron chi connectivity index (χ2n) is 6.10. The summed E-state index contributed by atoms with van der Waals surface area (Å²) in [5, 5.41) is 2.86. The van der Waals surface area contributed by atoms with E-state index in [-0.39, 0.29) is 22.6 Å². The number of aromatic nitrogens is 2. The van der Waals surface area contributed by atoms with Crippen LogP contribution in [-0.4, -0.2) is 21.8 Å². The molecule has 1 aromatic heterocycles. The molecule has 3 N–H and O–H groups in total. The first-order chi connectivity index (χ1) is 13.4. The highest BCUT2D eigenvalue weighted by Crippen LogP contribution is 2.18. The molecule has 0 saturated carbocycles. The second-order valence-corrected chi connectivity index (χ2v) is 6.51. The molecule has 3 aromatic rings. The number of carbonyl (C=O) groups excluding carboxylic acids is 2. The highest BCUT2D eigenvalue weighted by Gasteiger charge is 2.15. The van der Waals surface area contributed by atoms with Gasteiger partial charge in [-0.15, -0.1) is 0 Å². The van der Waals surface area contributed by atoms with Gasteiger partial charge in [-0.05, 0) is 37.6 Å². The molecule has 28 heavy (non-hydrogen) atoms. The molecular weight excluding hydrogens is 378 g/mol. The molecule has 7 nitrogen and oxygen atoms in total. The molecule has 0 radical (unpaired) electrons. The zero-order chi connectivity index (χ0) is 20.1. The second kappa shape index (κ2) is 8.49. The molecule has 2 aromatic carbocycles. The first kappa shape index (κ1) is 19.3. The normalized spacial score (nSPS) is 10.2. The van der Waals surface area contributed by atoms with Gasteiger partial charge in [0.1, 0.15) is 0 Å². The Hall–Kier alpha value is -3.45. The molecular formula is C20H18ClN5O2. The Morgan fingerprint density at radius 2 is 1.68 bits per heavy atom. The molecule has 3 rings (SSSR count). The summed E-state index contributed by atoms with van der Waals surface area (Å²) in [6, 6.07) is 14.4. The van der Waals surface area contributed by atoms with E-state index >= 15 is 0 Å². The third-order valence-electron chi connectivity index (χ3n) is 3.95. The summed E-state index contributed by atoms with van der Waals surface area (Å²) in [7, 11) is 0. The van der Waals surface area contributed by atoms with Crippen LogP contribution >= 0.6 is 11.6 Å². The van der Waals surface area contributed by atoms with Gasteiger partial charge in [-0.25, -0.2) is 9.97 Å². The molecule has 0 fully saturated rings. The van der Waals surface area contributed by atoms with Gasteiger partial charge < -0.3 is 5.32 Å². The van der Waals surface area contributed by atoms with Crippen molar-refractivity contribution in [3.8, 4) is 0 Å². The van der Waals surface area contributed by atoms with Gasteiger partial charge >= 0.3 is 0 Å². The first-order valence-electron chi connectivity index (χ1n) is 8.46. The third-order valence-corrected chi connectivity index (χ3v) is 4.23. The van der Waals surface area contributed by atoms with Gasteiger partial charge in [0.25, 0.3) is 11.8 Å². The van der Waals surface area contributed by atoms with Crippen LogP contribution in [0.3, 0.4) is 0 Å². The molecule has 2 amide bonds. The van der Waals surface area contributed by atoms with E-state index in [1.807, 2.05) is 44.2 Å². The Morgan fingerprint density at radius 1 is 0.964 bits per heavy atom. The van der Waals surface area contributed by atoms with Crippen molar-refractivity contribution in [3.63, 3.8) is 0 Å². The average Bonchev–Trinajstić information content (AvgIpc) is 2.69. The van der Waals surface area contributed by atoms with E-state index in [4.69, 9.17) is 11.6 Å². The first-order valence-corrected chi connectivity index (χ1v) is 8.84. The lowest BCUT2D eigenvalue weighted by Crippen LogP contribution is -2.30. The number of anilines is 2. The molecule has 0 aliphatic carbocycles. The van der Waals surface area contributed by atoms with Crippen LogP contribution in [0.25, 0.3) is 0 Å². The fourth-order valence-electron chi connectivity index (χ4n) is 2.37. The summed E-state index contributed by atoms with van der Waals surface area (Å²) in [5.41, 5.74) is 8.17. The van der Waals surface area contributed by atoms with Crippen molar-refractivity contribution in [1.82, 2.24) is 15.4 Å². The van der Waals surface area contributed by atoms with Crippen molar-refractivity contribution in [2.24, 2.45) is 0 Å². The van der Waals surface area contributed by atoms with Crippen LogP contribution in [0, 0.1) is 13.8 Å². The van der Waals surface area contributed by atoms with E-state index in [1.165, 1.54) is 6.20 Å². The van der Waals surface area contributed by atoms with Crippen molar-refractivity contribution in [2.45, 2.75) is 13.8 Å². The van der Waals surface area contributed by atoms with Crippen LogP contribution in [-0.2, 0) is 0 Å². The minimum absolute atomic E-state index is 0.00740. The number of aryl methyl sites for hydroxylation is 2. The maximum Gasteiger partial charge on any atom is 0.276 e. The molecule has 8 heteroatoms. The minimum atomic E-state index is -0.477. The van der Waals surface area contributed by atoms with Gasteiger partial charge in [0.05, 0.1) is 11.2 Å². The van der Waals surface area contributed by atoms with Gasteiger partial charge in [-0.2, -0.15) is 0 Å². The molecule has 0 aliphatic rings. The highest BCUT2D eigenvalue weighted by atomic mass is 35.5. The molecule has 0 unspecified atom stereocenters. The monoisotopic (exact) mass is 395 g/mol. The van der Waals surface area contributed by atoms with E-state index in [2.05, 4.69) is 26.1 Å². The van der Waals surface area contributed by atoms with Crippen molar-refractivity contribution in [3.05, 3.63) is 82.1 Å². The van der Waals surface area contributed by atoms with Gasteiger partial charge in [0.15, 0.2) is 5.69 Å².